The van der Waals surface area contributed by atoms with Crippen molar-refractivity contribution in [2.45, 2.75) is 26.2 Å². The van der Waals surface area contributed by atoms with Crippen molar-refractivity contribution in [3.05, 3.63) is 11.6 Å². The molecule has 0 spiro atoms. The van der Waals surface area contributed by atoms with Crippen LogP contribution in [0.25, 0.3) is 0 Å². The van der Waals surface area contributed by atoms with Crippen LogP contribution in [0.3, 0.4) is 0 Å². The van der Waals surface area contributed by atoms with Crippen LogP contribution in [0.2, 0.25) is 0 Å². The monoisotopic (exact) mass is 266 g/mol. The Bertz CT molecular complexity index is 446. The second-order valence-electron chi connectivity index (χ2n) is 5.21. The number of Topliss-reactive ketones (excluding diaryl/α,β-unsaturated/α-hetero) is 1. The first-order valence-electron chi connectivity index (χ1n) is 6.36. The molecule has 0 heterocycles. The molecule has 5 nitrogen and oxygen atoms in total. The van der Waals surface area contributed by atoms with Crippen LogP contribution < -0.4 is 0 Å². The largest absolute Gasteiger partial charge is 0.468 e. The highest BCUT2D eigenvalue weighted by Gasteiger charge is 2.60. The standard InChI is InChI=1S/C14H18O5/c1-4-9-10-7-14(12(16)18-2,13(17)19-3)6-8(10)5-11(9)15/h4,8,10H,5-7H2,1-3H3/b9-4+/t8-,10+/m0/s1. The van der Waals surface area contributed by atoms with Gasteiger partial charge in [-0.05, 0) is 37.2 Å². The Kier molecular flexibility index (Phi) is 3.47. The molecule has 0 aromatic carbocycles. The zero-order chi connectivity index (χ0) is 14.2. The molecule has 0 aliphatic heterocycles. The van der Waals surface area contributed by atoms with Gasteiger partial charge >= 0.3 is 11.9 Å². The van der Waals surface area contributed by atoms with Gasteiger partial charge in [0, 0.05) is 6.42 Å². The number of carbonyl (C=O) groups is 3. The molecule has 0 aromatic rings. The van der Waals surface area contributed by atoms with Crippen LogP contribution >= 0.6 is 0 Å². The summed E-state index contributed by atoms with van der Waals surface area (Å²) < 4.78 is 9.55. The number of allylic oxidation sites excluding steroid dienone is 2. The Morgan fingerprint density at radius 3 is 2.26 bits per heavy atom. The molecule has 104 valence electrons. The van der Waals surface area contributed by atoms with Crippen LogP contribution in [0.4, 0.5) is 0 Å². The van der Waals surface area contributed by atoms with Gasteiger partial charge in [-0.3, -0.25) is 14.4 Å². The van der Waals surface area contributed by atoms with Crippen molar-refractivity contribution in [3.63, 3.8) is 0 Å². The zero-order valence-electron chi connectivity index (χ0n) is 11.4. The van der Waals surface area contributed by atoms with E-state index in [0.717, 1.165) is 5.57 Å². The van der Waals surface area contributed by atoms with Crippen LogP contribution in [-0.2, 0) is 23.9 Å². The molecule has 2 aliphatic rings. The van der Waals surface area contributed by atoms with Crippen molar-refractivity contribution in [3.8, 4) is 0 Å². The molecule has 2 aliphatic carbocycles. The van der Waals surface area contributed by atoms with Crippen LogP contribution in [0.15, 0.2) is 11.6 Å². The number of ether oxygens (including phenoxy) is 2. The van der Waals surface area contributed by atoms with Crippen molar-refractivity contribution >= 4 is 17.7 Å². The van der Waals surface area contributed by atoms with Crippen molar-refractivity contribution in [1.82, 2.24) is 0 Å². The fourth-order valence-corrected chi connectivity index (χ4v) is 3.54. The molecule has 0 unspecified atom stereocenters. The van der Waals surface area contributed by atoms with Gasteiger partial charge in [0.15, 0.2) is 11.2 Å². The quantitative estimate of drug-likeness (QED) is 0.427. The molecular weight excluding hydrogens is 248 g/mol. The highest BCUT2D eigenvalue weighted by molar-refractivity contribution is 6.03. The lowest BCUT2D eigenvalue weighted by Gasteiger charge is -2.23. The maximum absolute atomic E-state index is 12.0. The van der Waals surface area contributed by atoms with Crippen molar-refractivity contribution in [2.75, 3.05) is 14.2 Å². The van der Waals surface area contributed by atoms with Gasteiger partial charge in [-0.15, -0.1) is 0 Å². The highest BCUT2D eigenvalue weighted by atomic mass is 16.5. The molecule has 0 bridgehead atoms. The van der Waals surface area contributed by atoms with E-state index in [4.69, 9.17) is 9.47 Å². The summed E-state index contributed by atoms with van der Waals surface area (Å²) in [4.78, 5) is 35.8. The molecule has 2 saturated carbocycles. The number of hydrogen-bond donors (Lipinski definition) is 0. The zero-order valence-corrected chi connectivity index (χ0v) is 11.4. The maximum atomic E-state index is 12.0. The third-order valence-electron chi connectivity index (χ3n) is 4.38. The topological polar surface area (TPSA) is 69.7 Å². The van der Waals surface area contributed by atoms with Gasteiger partial charge in [-0.25, -0.2) is 0 Å². The molecule has 0 saturated heterocycles. The second kappa shape index (κ2) is 4.79. The van der Waals surface area contributed by atoms with E-state index in [-0.39, 0.29) is 17.6 Å². The van der Waals surface area contributed by atoms with E-state index < -0.39 is 17.4 Å². The van der Waals surface area contributed by atoms with Gasteiger partial charge < -0.3 is 9.47 Å². The first kappa shape index (κ1) is 13.8. The number of esters is 2. The summed E-state index contributed by atoms with van der Waals surface area (Å²) in [6.07, 6.45) is 2.83. The van der Waals surface area contributed by atoms with E-state index in [1.807, 2.05) is 6.92 Å². The summed E-state index contributed by atoms with van der Waals surface area (Å²) >= 11 is 0. The van der Waals surface area contributed by atoms with E-state index in [9.17, 15) is 14.4 Å². The average molecular weight is 266 g/mol. The number of rotatable bonds is 2. The molecule has 2 rings (SSSR count). The SMILES string of the molecule is C/C=C1/C(=O)C[C@H]2CC(C(=O)OC)(C(=O)OC)C[C@@H]12. The molecule has 5 heteroatoms. The maximum Gasteiger partial charge on any atom is 0.323 e. The molecule has 2 fully saturated rings. The lowest BCUT2D eigenvalue weighted by atomic mass is 9.83. The summed E-state index contributed by atoms with van der Waals surface area (Å²) in [6.45, 7) is 1.81. The summed E-state index contributed by atoms with van der Waals surface area (Å²) in [5.41, 5.74) is -0.506. The van der Waals surface area contributed by atoms with Gasteiger partial charge in [-0.1, -0.05) is 6.08 Å². The van der Waals surface area contributed by atoms with Crippen molar-refractivity contribution < 1.29 is 23.9 Å². The Labute approximate surface area is 111 Å². The third-order valence-corrected chi connectivity index (χ3v) is 4.38. The first-order chi connectivity index (χ1) is 9.00. The number of ketones is 1. The lowest BCUT2D eigenvalue weighted by Crippen LogP contribution is -2.39. The van der Waals surface area contributed by atoms with E-state index in [2.05, 4.69) is 0 Å². The third kappa shape index (κ3) is 1.88. The fourth-order valence-electron chi connectivity index (χ4n) is 3.54. The summed E-state index contributed by atoms with van der Waals surface area (Å²) in [6, 6.07) is 0. The first-order valence-corrected chi connectivity index (χ1v) is 6.36. The summed E-state index contributed by atoms with van der Waals surface area (Å²) in [5, 5.41) is 0. The van der Waals surface area contributed by atoms with Crippen LogP contribution in [0, 0.1) is 17.3 Å². The Morgan fingerprint density at radius 2 is 1.79 bits per heavy atom. The van der Waals surface area contributed by atoms with E-state index in [1.54, 1.807) is 6.08 Å². The number of hydrogen-bond acceptors (Lipinski definition) is 5. The second-order valence-corrected chi connectivity index (χ2v) is 5.21. The predicted molar refractivity (Wildman–Crippen MR) is 66.1 cm³/mol. The van der Waals surface area contributed by atoms with E-state index in [1.165, 1.54) is 14.2 Å². The van der Waals surface area contributed by atoms with Crippen LogP contribution in [-0.4, -0.2) is 31.9 Å². The Hall–Kier alpha value is -1.65. The Balaban J connectivity index is 2.35. The number of carbonyl (C=O) groups excluding carboxylic acids is 3. The normalized spacial score (nSPS) is 30.3. The molecule has 19 heavy (non-hydrogen) atoms. The van der Waals surface area contributed by atoms with Crippen molar-refractivity contribution in [2.24, 2.45) is 17.3 Å². The number of methoxy groups -OCH3 is 2. The van der Waals surface area contributed by atoms with Gasteiger partial charge in [-0.2, -0.15) is 0 Å². The van der Waals surface area contributed by atoms with Gasteiger partial charge in [0.25, 0.3) is 0 Å². The molecule has 2 atom stereocenters. The minimum atomic E-state index is -1.24. The van der Waals surface area contributed by atoms with Gasteiger partial charge in [0.1, 0.15) is 0 Å². The summed E-state index contributed by atoms with van der Waals surface area (Å²) in [7, 11) is 2.53. The minimum absolute atomic E-state index is 0.0318. The minimum Gasteiger partial charge on any atom is -0.468 e. The molecule has 0 amide bonds. The van der Waals surface area contributed by atoms with Crippen LogP contribution in [0.5, 0.6) is 0 Å². The fraction of sp³-hybridized carbons (Fsp3) is 0.643. The molecule has 0 aromatic heterocycles. The van der Waals surface area contributed by atoms with Crippen molar-refractivity contribution in [1.29, 1.82) is 0 Å². The van der Waals surface area contributed by atoms with Gasteiger partial charge in [0.05, 0.1) is 14.2 Å². The number of fused-ring (bicyclic) bond motifs is 1. The van der Waals surface area contributed by atoms with Crippen LogP contribution in [0.1, 0.15) is 26.2 Å². The van der Waals surface area contributed by atoms with E-state index in [0.29, 0.717) is 19.3 Å². The Morgan fingerprint density at radius 1 is 1.21 bits per heavy atom. The molecule has 0 N–H and O–H groups in total. The summed E-state index contributed by atoms with van der Waals surface area (Å²) in [5.74, 6) is -0.985. The smallest absolute Gasteiger partial charge is 0.323 e. The molecule has 0 radical (unpaired) electrons. The predicted octanol–water partition coefficient (Wildman–Crippen LogP) is 1.26. The molecular formula is C14H18O5. The average Bonchev–Trinajstić information content (AvgIpc) is 2.90. The van der Waals surface area contributed by atoms with E-state index >= 15 is 0 Å². The van der Waals surface area contributed by atoms with Gasteiger partial charge in [0.2, 0.25) is 0 Å². The highest BCUT2D eigenvalue weighted by Crippen LogP contribution is 2.54. The lowest BCUT2D eigenvalue weighted by molar-refractivity contribution is -0.169.